The summed E-state index contributed by atoms with van der Waals surface area (Å²) in [6.07, 6.45) is 5.24. The quantitative estimate of drug-likeness (QED) is 0.169. The van der Waals surface area contributed by atoms with Crippen LogP contribution in [0.15, 0.2) is 97.3 Å². The molecule has 44 heavy (non-hydrogen) atoms. The molecule has 0 saturated carbocycles. The van der Waals surface area contributed by atoms with E-state index in [-0.39, 0.29) is 6.04 Å². The molecule has 0 radical (unpaired) electrons. The number of aromatic nitrogens is 2. The molecular weight excluding hydrogens is 564 g/mol. The maximum Gasteiger partial charge on any atom is 0.126 e. The van der Waals surface area contributed by atoms with Crippen molar-refractivity contribution >= 4 is 5.69 Å². The molecule has 0 unspecified atom stereocenters. The number of likely N-dealkylation sites (tertiary alicyclic amines) is 1. The van der Waals surface area contributed by atoms with Gasteiger partial charge >= 0.3 is 0 Å². The van der Waals surface area contributed by atoms with Gasteiger partial charge in [0.05, 0.1) is 11.4 Å². The molecule has 3 aromatic carbocycles. The first-order valence-corrected chi connectivity index (χ1v) is 14.7. The summed E-state index contributed by atoms with van der Waals surface area (Å²) in [5.41, 5.74) is 6.22. The van der Waals surface area contributed by atoms with Gasteiger partial charge in [0, 0.05) is 73.6 Å². The molecule has 0 aliphatic carbocycles. The van der Waals surface area contributed by atoms with Crippen molar-refractivity contribution in [3.63, 3.8) is 0 Å². The molecule has 1 aliphatic rings. The van der Waals surface area contributed by atoms with E-state index >= 15 is 0 Å². The topological polar surface area (TPSA) is 32.3 Å². The van der Waals surface area contributed by atoms with Crippen LogP contribution in [0.4, 0.5) is 23.2 Å². The molecule has 1 aliphatic heterocycles. The van der Waals surface area contributed by atoms with Gasteiger partial charge in [0.2, 0.25) is 0 Å². The lowest BCUT2D eigenvalue weighted by molar-refractivity contribution is 0.201. The van der Waals surface area contributed by atoms with E-state index in [9.17, 15) is 17.6 Å². The van der Waals surface area contributed by atoms with Crippen LogP contribution in [0.2, 0.25) is 0 Å². The Hall–Kier alpha value is -4.56. The summed E-state index contributed by atoms with van der Waals surface area (Å²) in [4.78, 5) is 13.5. The number of hydrogen-bond acceptors (Lipinski definition) is 4. The summed E-state index contributed by atoms with van der Waals surface area (Å²) in [5.74, 6) is -2.52. The average Bonchev–Trinajstić information content (AvgIpc) is 3.00. The van der Waals surface area contributed by atoms with Crippen LogP contribution in [0, 0.1) is 30.2 Å². The fourth-order valence-electron chi connectivity index (χ4n) is 5.88. The molecule has 0 spiro atoms. The third kappa shape index (κ3) is 7.14. The largest absolute Gasteiger partial charge is 0.364 e. The summed E-state index contributed by atoms with van der Waals surface area (Å²) in [7, 11) is 0. The monoisotopic (exact) mass is 596 g/mol. The van der Waals surface area contributed by atoms with Gasteiger partial charge < -0.3 is 4.90 Å². The molecule has 224 valence electrons. The minimum Gasteiger partial charge on any atom is -0.364 e. The number of rotatable bonds is 8. The highest BCUT2D eigenvalue weighted by Crippen LogP contribution is 2.29. The van der Waals surface area contributed by atoms with Gasteiger partial charge in [-0.2, -0.15) is 0 Å². The highest BCUT2D eigenvalue weighted by Gasteiger charge is 2.26. The Morgan fingerprint density at radius 1 is 0.659 bits per heavy atom. The zero-order valence-corrected chi connectivity index (χ0v) is 24.4. The summed E-state index contributed by atoms with van der Waals surface area (Å²) in [6, 6.07) is 23.3. The SMILES string of the molecule is Cc1ccc(N(Cc2ccnc(-c3cc(F)cc(F)c3)c2)C2CCN(Cc3ccnc(-c4cc(F)cc(F)c4)c3)CC2)cc1. The van der Waals surface area contributed by atoms with Crippen molar-refractivity contribution in [3.8, 4) is 22.5 Å². The normalized spacial score (nSPS) is 14.1. The molecule has 5 aromatic rings. The molecule has 1 fully saturated rings. The first kappa shape index (κ1) is 29.5. The van der Waals surface area contributed by atoms with Gasteiger partial charge in [-0.05, 0) is 91.6 Å². The van der Waals surface area contributed by atoms with Gasteiger partial charge in [-0.25, -0.2) is 17.6 Å². The van der Waals surface area contributed by atoms with Crippen molar-refractivity contribution in [1.82, 2.24) is 14.9 Å². The van der Waals surface area contributed by atoms with Crippen LogP contribution in [-0.4, -0.2) is 34.0 Å². The standard InChI is InChI=1S/C36H32F4N4/c1-24-2-4-33(5-3-24)44(23-26-7-11-42-36(15-26)28-18-31(39)21-32(40)19-28)34-8-12-43(13-9-34)22-25-6-10-41-35(14-25)27-16-29(37)20-30(38)17-27/h2-7,10-11,14-21,34H,8-9,12-13,22-23H2,1H3. The zero-order valence-electron chi connectivity index (χ0n) is 24.4. The lowest BCUT2D eigenvalue weighted by Crippen LogP contribution is -2.44. The number of pyridine rings is 2. The Morgan fingerprint density at radius 2 is 1.16 bits per heavy atom. The molecule has 0 N–H and O–H groups in total. The van der Waals surface area contributed by atoms with E-state index < -0.39 is 23.3 Å². The number of hydrogen-bond donors (Lipinski definition) is 0. The van der Waals surface area contributed by atoms with Crippen LogP contribution in [0.25, 0.3) is 22.5 Å². The number of aryl methyl sites for hydroxylation is 1. The van der Waals surface area contributed by atoms with Gasteiger partial charge in [0.15, 0.2) is 0 Å². The van der Waals surface area contributed by atoms with Crippen LogP contribution in [0.5, 0.6) is 0 Å². The van der Waals surface area contributed by atoms with Crippen molar-refractivity contribution in [2.24, 2.45) is 0 Å². The van der Waals surface area contributed by atoms with Crippen LogP contribution >= 0.6 is 0 Å². The molecule has 1 saturated heterocycles. The number of piperidine rings is 1. The zero-order chi connectivity index (χ0) is 30.6. The van der Waals surface area contributed by atoms with Crippen molar-refractivity contribution < 1.29 is 17.6 Å². The van der Waals surface area contributed by atoms with Gasteiger partial charge in [-0.1, -0.05) is 17.7 Å². The fourth-order valence-corrected chi connectivity index (χ4v) is 5.88. The van der Waals surface area contributed by atoms with E-state index in [4.69, 9.17) is 0 Å². The lowest BCUT2D eigenvalue weighted by atomic mass is 10.00. The van der Waals surface area contributed by atoms with Gasteiger partial charge in [-0.15, -0.1) is 0 Å². The van der Waals surface area contributed by atoms with Crippen molar-refractivity contribution in [3.05, 3.63) is 137 Å². The lowest BCUT2D eigenvalue weighted by Gasteiger charge is -2.40. The van der Waals surface area contributed by atoms with Crippen LogP contribution < -0.4 is 4.90 Å². The van der Waals surface area contributed by atoms with Crippen LogP contribution in [-0.2, 0) is 13.1 Å². The molecule has 6 rings (SSSR count). The first-order valence-electron chi connectivity index (χ1n) is 14.7. The first-order chi connectivity index (χ1) is 21.3. The van der Waals surface area contributed by atoms with Crippen molar-refractivity contribution in [2.45, 2.75) is 38.9 Å². The van der Waals surface area contributed by atoms with Crippen molar-refractivity contribution in [1.29, 1.82) is 0 Å². The Labute approximate surface area is 254 Å². The molecule has 0 amide bonds. The highest BCUT2D eigenvalue weighted by atomic mass is 19.1. The Morgan fingerprint density at radius 3 is 1.70 bits per heavy atom. The van der Waals surface area contributed by atoms with Crippen LogP contribution in [0.1, 0.15) is 29.5 Å². The third-order valence-electron chi connectivity index (χ3n) is 8.09. The second-order valence-corrected chi connectivity index (χ2v) is 11.4. The summed E-state index contributed by atoms with van der Waals surface area (Å²) < 4.78 is 55.4. The highest BCUT2D eigenvalue weighted by molar-refractivity contribution is 5.61. The Balaban J connectivity index is 1.17. The minimum absolute atomic E-state index is 0.278. The maximum atomic E-state index is 13.9. The van der Waals surface area contributed by atoms with Crippen molar-refractivity contribution in [2.75, 3.05) is 18.0 Å². The molecule has 4 nitrogen and oxygen atoms in total. The van der Waals surface area contributed by atoms with Gasteiger partial charge in [0.1, 0.15) is 23.3 Å². The number of anilines is 1. The smallest absolute Gasteiger partial charge is 0.126 e. The molecule has 3 heterocycles. The molecular formula is C36H32F4N4. The average molecular weight is 597 g/mol. The van der Waals surface area contributed by atoms with E-state index in [1.807, 2.05) is 24.3 Å². The Kier molecular flexibility index (Phi) is 8.70. The maximum absolute atomic E-state index is 13.9. The molecule has 0 atom stereocenters. The second kappa shape index (κ2) is 13.0. The predicted molar refractivity (Wildman–Crippen MR) is 165 cm³/mol. The van der Waals surface area contributed by atoms with Crippen LogP contribution in [0.3, 0.4) is 0 Å². The second-order valence-electron chi connectivity index (χ2n) is 11.4. The third-order valence-corrected chi connectivity index (χ3v) is 8.09. The van der Waals surface area contributed by atoms with Gasteiger partial charge in [-0.3, -0.25) is 14.9 Å². The number of nitrogens with zero attached hydrogens (tertiary/aromatic N) is 4. The summed E-state index contributed by atoms with van der Waals surface area (Å²) in [5, 5.41) is 0. The summed E-state index contributed by atoms with van der Waals surface area (Å²) >= 11 is 0. The predicted octanol–water partition coefficient (Wildman–Crippen LogP) is 8.35. The molecule has 2 aromatic heterocycles. The summed E-state index contributed by atoms with van der Waals surface area (Å²) in [6.45, 7) is 5.16. The van der Waals surface area contributed by atoms with E-state index in [1.165, 1.54) is 29.8 Å². The Bertz CT molecular complexity index is 1710. The molecule has 8 heteroatoms. The van der Waals surface area contributed by atoms with E-state index in [1.54, 1.807) is 12.4 Å². The molecule has 0 bridgehead atoms. The van der Waals surface area contributed by atoms with E-state index in [0.29, 0.717) is 35.6 Å². The van der Waals surface area contributed by atoms with E-state index in [0.717, 1.165) is 54.9 Å². The van der Waals surface area contributed by atoms with E-state index in [2.05, 4.69) is 51.0 Å². The fraction of sp³-hybridized carbons (Fsp3) is 0.222. The van der Waals surface area contributed by atoms with Gasteiger partial charge in [0.25, 0.3) is 0 Å². The number of halogens is 4. The number of benzene rings is 3. The minimum atomic E-state index is -0.633.